The fraction of sp³-hybridized carbons (Fsp3) is 0.444. The zero-order valence-electron chi connectivity index (χ0n) is 13.7. The highest BCUT2D eigenvalue weighted by Crippen LogP contribution is 2.23. The molecule has 0 N–H and O–H groups in total. The lowest BCUT2D eigenvalue weighted by Crippen LogP contribution is -2.31. The standard InChI is InChI=1S/C18H24N4/c1-14-5-4-6-17(20-14)13-22-8-7-18-15(11-21(2)3)9-19-10-16(18)12-22/h4-6,9-10H,7-8,11-13H2,1-3H3. The van der Waals surface area contributed by atoms with Crippen LogP contribution in [0.25, 0.3) is 0 Å². The van der Waals surface area contributed by atoms with E-state index in [1.807, 2.05) is 25.4 Å². The molecule has 4 heteroatoms. The number of aryl methyl sites for hydroxylation is 1. The largest absolute Gasteiger partial charge is 0.305 e. The Kier molecular flexibility index (Phi) is 4.50. The molecule has 3 heterocycles. The Bertz CT molecular complexity index is 651. The van der Waals surface area contributed by atoms with Crippen molar-refractivity contribution in [1.82, 2.24) is 19.8 Å². The molecule has 0 atom stereocenters. The number of hydrogen-bond donors (Lipinski definition) is 0. The SMILES string of the molecule is Cc1cccc(CN2CCc3c(CN(C)C)cncc3C2)n1. The lowest BCUT2D eigenvalue weighted by Gasteiger charge is -2.30. The number of hydrogen-bond acceptors (Lipinski definition) is 4. The fourth-order valence-corrected chi connectivity index (χ4v) is 3.16. The zero-order chi connectivity index (χ0) is 15.5. The third kappa shape index (κ3) is 3.51. The van der Waals surface area contributed by atoms with Gasteiger partial charge in [-0.2, -0.15) is 0 Å². The molecule has 0 fully saturated rings. The minimum absolute atomic E-state index is 0.916. The van der Waals surface area contributed by atoms with E-state index in [-0.39, 0.29) is 0 Å². The maximum atomic E-state index is 4.62. The summed E-state index contributed by atoms with van der Waals surface area (Å²) >= 11 is 0. The van der Waals surface area contributed by atoms with Crippen molar-refractivity contribution >= 4 is 0 Å². The topological polar surface area (TPSA) is 32.3 Å². The van der Waals surface area contributed by atoms with Crippen LogP contribution in [0.4, 0.5) is 0 Å². The molecule has 116 valence electrons. The Labute approximate surface area is 132 Å². The van der Waals surface area contributed by atoms with E-state index in [0.29, 0.717) is 0 Å². The van der Waals surface area contributed by atoms with Crippen LogP contribution in [0.3, 0.4) is 0 Å². The van der Waals surface area contributed by atoms with Crippen molar-refractivity contribution in [3.8, 4) is 0 Å². The second-order valence-corrected chi connectivity index (χ2v) is 6.41. The summed E-state index contributed by atoms with van der Waals surface area (Å²) in [6.07, 6.45) is 5.16. The van der Waals surface area contributed by atoms with Crippen molar-refractivity contribution in [3.63, 3.8) is 0 Å². The van der Waals surface area contributed by atoms with E-state index < -0.39 is 0 Å². The predicted octanol–water partition coefficient (Wildman–Crippen LogP) is 2.40. The number of rotatable bonds is 4. The van der Waals surface area contributed by atoms with Crippen molar-refractivity contribution in [3.05, 3.63) is 58.7 Å². The first-order valence-corrected chi connectivity index (χ1v) is 7.86. The van der Waals surface area contributed by atoms with Crippen LogP contribution < -0.4 is 0 Å². The Hall–Kier alpha value is -1.78. The van der Waals surface area contributed by atoms with Gasteiger partial charge in [0.2, 0.25) is 0 Å². The summed E-state index contributed by atoms with van der Waals surface area (Å²) < 4.78 is 0. The molecule has 1 aliphatic heterocycles. The second kappa shape index (κ2) is 6.55. The summed E-state index contributed by atoms with van der Waals surface area (Å²) in [5, 5.41) is 0. The summed E-state index contributed by atoms with van der Waals surface area (Å²) in [5.41, 5.74) is 6.48. The average Bonchev–Trinajstić information content (AvgIpc) is 2.47. The lowest BCUT2D eigenvalue weighted by molar-refractivity contribution is 0.241. The average molecular weight is 296 g/mol. The van der Waals surface area contributed by atoms with Gasteiger partial charge in [-0.05, 0) is 56.3 Å². The minimum Gasteiger partial charge on any atom is -0.305 e. The smallest absolute Gasteiger partial charge is 0.0547 e. The maximum Gasteiger partial charge on any atom is 0.0547 e. The van der Waals surface area contributed by atoms with Gasteiger partial charge in [-0.25, -0.2) is 0 Å². The summed E-state index contributed by atoms with van der Waals surface area (Å²) in [5.74, 6) is 0. The Balaban J connectivity index is 1.74. The molecular weight excluding hydrogens is 272 g/mol. The Morgan fingerprint density at radius 2 is 2.09 bits per heavy atom. The Morgan fingerprint density at radius 3 is 2.86 bits per heavy atom. The summed E-state index contributed by atoms with van der Waals surface area (Å²) in [6.45, 7) is 5.99. The maximum absolute atomic E-state index is 4.62. The molecule has 0 saturated heterocycles. The molecular formula is C18H24N4. The van der Waals surface area contributed by atoms with Crippen LogP contribution >= 0.6 is 0 Å². The normalized spacial score (nSPS) is 15.1. The molecule has 2 aromatic heterocycles. The fourth-order valence-electron chi connectivity index (χ4n) is 3.16. The molecule has 22 heavy (non-hydrogen) atoms. The van der Waals surface area contributed by atoms with Gasteiger partial charge in [-0.1, -0.05) is 6.07 Å². The van der Waals surface area contributed by atoms with E-state index in [1.54, 1.807) is 0 Å². The van der Waals surface area contributed by atoms with Gasteiger partial charge in [0.25, 0.3) is 0 Å². The van der Waals surface area contributed by atoms with E-state index >= 15 is 0 Å². The number of nitrogens with zero attached hydrogens (tertiary/aromatic N) is 4. The predicted molar refractivity (Wildman–Crippen MR) is 88.4 cm³/mol. The van der Waals surface area contributed by atoms with Crippen LogP contribution in [0.2, 0.25) is 0 Å². The first-order chi connectivity index (χ1) is 10.6. The van der Waals surface area contributed by atoms with Crippen molar-refractivity contribution < 1.29 is 0 Å². The minimum atomic E-state index is 0.916. The third-order valence-electron chi connectivity index (χ3n) is 4.13. The molecule has 4 nitrogen and oxygen atoms in total. The van der Waals surface area contributed by atoms with Crippen molar-refractivity contribution in [2.75, 3.05) is 20.6 Å². The third-order valence-corrected chi connectivity index (χ3v) is 4.13. The first-order valence-electron chi connectivity index (χ1n) is 7.86. The summed E-state index contributed by atoms with van der Waals surface area (Å²) in [6, 6.07) is 6.25. The van der Waals surface area contributed by atoms with Gasteiger partial charge in [-0.3, -0.25) is 14.9 Å². The van der Waals surface area contributed by atoms with Crippen molar-refractivity contribution in [1.29, 1.82) is 0 Å². The van der Waals surface area contributed by atoms with Gasteiger partial charge in [0.15, 0.2) is 0 Å². The van der Waals surface area contributed by atoms with Crippen LogP contribution in [0, 0.1) is 6.92 Å². The highest BCUT2D eigenvalue weighted by molar-refractivity contribution is 5.34. The number of fused-ring (bicyclic) bond motifs is 1. The lowest BCUT2D eigenvalue weighted by atomic mass is 9.97. The molecule has 0 saturated carbocycles. The summed E-state index contributed by atoms with van der Waals surface area (Å²) in [7, 11) is 4.22. The van der Waals surface area contributed by atoms with E-state index in [0.717, 1.165) is 44.0 Å². The van der Waals surface area contributed by atoms with Crippen molar-refractivity contribution in [2.24, 2.45) is 0 Å². The molecule has 0 bridgehead atoms. The van der Waals surface area contributed by atoms with Crippen LogP contribution in [-0.4, -0.2) is 40.4 Å². The Morgan fingerprint density at radius 1 is 1.23 bits per heavy atom. The molecule has 0 unspecified atom stereocenters. The monoisotopic (exact) mass is 296 g/mol. The second-order valence-electron chi connectivity index (χ2n) is 6.41. The van der Waals surface area contributed by atoms with Crippen LogP contribution in [0.1, 0.15) is 28.1 Å². The number of aromatic nitrogens is 2. The molecule has 0 radical (unpaired) electrons. The molecule has 1 aliphatic rings. The van der Waals surface area contributed by atoms with Crippen LogP contribution in [-0.2, 0) is 26.1 Å². The zero-order valence-corrected chi connectivity index (χ0v) is 13.7. The molecule has 0 aliphatic carbocycles. The van der Waals surface area contributed by atoms with Gasteiger partial charge in [0.05, 0.1) is 5.69 Å². The molecule has 0 amide bonds. The van der Waals surface area contributed by atoms with Gasteiger partial charge < -0.3 is 4.90 Å². The number of pyridine rings is 2. The van der Waals surface area contributed by atoms with Crippen LogP contribution in [0.5, 0.6) is 0 Å². The van der Waals surface area contributed by atoms with Gasteiger partial charge in [0, 0.05) is 44.3 Å². The molecule has 0 aromatic carbocycles. The van der Waals surface area contributed by atoms with Gasteiger partial charge in [-0.15, -0.1) is 0 Å². The first kappa shape index (κ1) is 15.1. The van der Waals surface area contributed by atoms with Crippen molar-refractivity contribution in [2.45, 2.75) is 33.0 Å². The highest BCUT2D eigenvalue weighted by atomic mass is 15.1. The van der Waals surface area contributed by atoms with E-state index in [1.165, 1.54) is 16.7 Å². The highest BCUT2D eigenvalue weighted by Gasteiger charge is 2.19. The molecule has 3 rings (SSSR count). The van der Waals surface area contributed by atoms with Crippen LogP contribution in [0.15, 0.2) is 30.6 Å². The van der Waals surface area contributed by atoms with Gasteiger partial charge in [0.1, 0.15) is 0 Å². The quantitative estimate of drug-likeness (QED) is 0.867. The summed E-state index contributed by atoms with van der Waals surface area (Å²) in [4.78, 5) is 13.7. The molecule has 2 aromatic rings. The van der Waals surface area contributed by atoms with E-state index in [9.17, 15) is 0 Å². The van der Waals surface area contributed by atoms with E-state index in [2.05, 4.69) is 46.0 Å². The molecule has 0 spiro atoms. The van der Waals surface area contributed by atoms with E-state index in [4.69, 9.17) is 0 Å². The van der Waals surface area contributed by atoms with Gasteiger partial charge >= 0.3 is 0 Å².